The number of hydrogen-bond acceptors (Lipinski definition) is 2. The monoisotopic (exact) mass is 459 g/mol. The molecule has 2 rings (SSSR count). The molecule has 0 aliphatic heterocycles. The Morgan fingerprint density at radius 3 is 2.58 bits per heavy atom. The molecule has 2 aromatic carbocycles. The van der Waals surface area contributed by atoms with Gasteiger partial charge in [-0.1, -0.05) is 49.7 Å². The molecule has 4 nitrogen and oxygen atoms in total. The summed E-state index contributed by atoms with van der Waals surface area (Å²) in [4.78, 5) is 4.46. The summed E-state index contributed by atoms with van der Waals surface area (Å²) in [5, 5.41) is 3.80. The van der Waals surface area contributed by atoms with Crippen molar-refractivity contribution in [3.8, 4) is 5.75 Å². The first kappa shape index (κ1) is 20.6. The van der Waals surface area contributed by atoms with Crippen molar-refractivity contribution < 1.29 is 4.74 Å². The third-order valence-corrected chi connectivity index (χ3v) is 3.86. The number of ether oxygens (including phenoxy) is 1. The average molecular weight is 460 g/mol. The Morgan fingerprint density at radius 1 is 1.21 bits per heavy atom. The maximum absolute atomic E-state index is 6.07. The van der Waals surface area contributed by atoms with E-state index in [9.17, 15) is 0 Å². The molecule has 130 valence electrons. The summed E-state index contributed by atoms with van der Waals surface area (Å²) in [5.74, 6) is 1.07. The van der Waals surface area contributed by atoms with E-state index in [1.54, 1.807) is 7.11 Å². The fraction of sp³-hybridized carbons (Fsp3) is 0.278. The molecule has 0 unspecified atom stereocenters. The number of guanidine groups is 1. The Morgan fingerprint density at radius 2 is 1.92 bits per heavy atom. The van der Waals surface area contributed by atoms with E-state index in [1.165, 1.54) is 0 Å². The number of nitrogens with two attached hydrogens (primary N) is 1. The quantitative estimate of drug-likeness (QED) is 0.388. The van der Waals surface area contributed by atoms with Crippen molar-refractivity contribution in [1.29, 1.82) is 0 Å². The largest absolute Gasteiger partial charge is 0.495 e. The first-order valence-electron chi connectivity index (χ1n) is 7.38. The number of hydrogen-bond donors (Lipinski definition) is 2. The number of rotatable bonds is 5. The van der Waals surface area contributed by atoms with E-state index in [-0.39, 0.29) is 29.4 Å². The molecule has 0 heterocycles. The van der Waals surface area contributed by atoms with Crippen LogP contribution in [0.1, 0.15) is 19.4 Å². The van der Waals surface area contributed by atoms with Crippen LogP contribution in [-0.4, -0.2) is 19.6 Å². The summed E-state index contributed by atoms with van der Waals surface area (Å²) in [6, 6.07) is 15.4. The molecule has 0 fully saturated rings. The molecule has 2 aromatic rings. The number of methoxy groups -OCH3 is 1. The molecule has 0 radical (unpaired) electrons. The molecule has 0 aliphatic rings. The van der Waals surface area contributed by atoms with E-state index in [0.29, 0.717) is 12.5 Å². The Kier molecular flexibility index (Phi) is 7.83. The molecule has 24 heavy (non-hydrogen) atoms. The van der Waals surface area contributed by atoms with Crippen LogP contribution < -0.4 is 15.8 Å². The summed E-state index contributed by atoms with van der Waals surface area (Å²) < 4.78 is 5.29. The zero-order valence-electron chi connectivity index (χ0n) is 14.0. The van der Waals surface area contributed by atoms with Crippen molar-refractivity contribution in [2.75, 3.05) is 19.0 Å². The van der Waals surface area contributed by atoms with Crippen molar-refractivity contribution in [1.82, 2.24) is 0 Å². The molecule has 0 bridgehead atoms. The van der Waals surface area contributed by atoms with Crippen molar-refractivity contribution in [2.45, 2.75) is 19.3 Å². The second kappa shape index (κ2) is 9.13. The minimum Gasteiger partial charge on any atom is -0.495 e. The van der Waals surface area contributed by atoms with Crippen LogP contribution in [0.5, 0.6) is 5.75 Å². The number of benzene rings is 2. The molecule has 0 spiro atoms. The average Bonchev–Trinajstić information content (AvgIpc) is 2.53. The second-order valence-corrected chi connectivity index (χ2v) is 6.36. The van der Waals surface area contributed by atoms with Gasteiger partial charge in [0.05, 0.1) is 19.3 Å². The lowest BCUT2D eigenvalue weighted by Crippen LogP contribution is -2.28. The first-order valence-corrected chi connectivity index (χ1v) is 7.76. The lowest BCUT2D eigenvalue weighted by Gasteiger charge is -2.23. The third kappa shape index (κ3) is 5.56. The Balaban J connectivity index is 0.00000288. The van der Waals surface area contributed by atoms with Gasteiger partial charge in [0.2, 0.25) is 0 Å². The topological polar surface area (TPSA) is 59.6 Å². The molecular weight excluding hydrogens is 437 g/mol. The number of halogens is 2. The van der Waals surface area contributed by atoms with Crippen LogP contribution >= 0.6 is 35.6 Å². The molecule has 0 saturated heterocycles. The predicted octanol–water partition coefficient (Wildman–Crippen LogP) is 4.67. The lowest BCUT2D eigenvalue weighted by molar-refractivity contribution is 0.417. The van der Waals surface area contributed by atoms with Crippen molar-refractivity contribution in [2.24, 2.45) is 10.7 Å². The summed E-state index contributed by atoms with van der Waals surface area (Å²) in [7, 11) is 1.62. The fourth-order valence-electron chi connectivity index (χ4n) is 2.21. The van der Waals surface area contributed by atoms with Gasteiger partial charge in [0.25, 0.3) is 0 Å². The number of aliphatic imine (C=N–C) groups is 1. The van der Waals surface area contributed by atoms with Crippen LogP contribution in [0.4, 0.5) is 5.69 Å². The summed E-state index contributed by atoms with van der Waals surface area (Å²) in [6.45, 7) is 4.76. The van der Waals surface area contributed by atoms with Gasteiger partial charge in [-0.3, -0.25) is 4.99 Å². The highest BCUT2D eigenvalue weighted by Crippen LogP contribution is 2.26. The van der Waals surface area contributed by atoms with Gasteiger partial charge in [-0.15, -0.1) is 24.0 Å². The highest BCUT2D eigenvalue weighted by molar-refractivity contribution is 14.0. The number of anilines is 1. The van der Waals surface area contributed by atoms with Gasteiger partial charge in [0.1, 0.15) is 5.75 Å². The molecule has 0 aliphatic carbocycles. The maximum atomic E-state index is 6.07. The van der Waals surface area contributed by atoms with E-state index in [1.807, 2.05) is 48.5 Å². The van der Waals surface area contributed by atoms with Crippen molar-refractivity contribution in [3.05, 3.63) is 59.1 Å². The van der Waals surface area contributed by atoms with Gasteiger partial charge >= 0.3 is 0 Å². The van der Waals surface area contributed by atoms with Crippen LogP contribution in [0, 0.1) is 0 Å². The van der Waals surface area contributed by atoms with Crippen LogP contribution in [0.2, 0.25) is 5.02 Å². The van der Waals surface area contributed by atoms with Crippen LogP contribution in [-0.2, 0) is 5.41 Å². The van der Waals surface area contributed by atoms with E-state index in [4.69, 9.17) is 22.1 Å². The van der Waals surface area contributed by atoms with E-state index >= 15 is 0 Å². The molecule has 0 amide bonds. The zero-order valence-corrected chi connectivity index (χ0v) is 17.1. The van der Waals surface area contributed by atoms with Gasteiger partial charge in [-0.2, -0.15) is 0 Å². The van der Waals surface area contributed by atoms with Crippen LogP contribution in [0.15, 0.2) is 53.5 Å². The van der Waals surface area contributed by atoms with Crippen LogP contribution in [0.3, 0.4) is 0 Å². The van der Waals surface area contributed by atoms with Crippen molar-refractivity contribution >= 4 is 47.2 Å². The molecule has 0 saturated carbocycles. The third-order valence-electron chi connectivity index (χ3n) is 3.62. The second-order valence-electron chi connectivity index (χ2n) is 5.92. The lowest BCUT2D eigenvalue weighted by atomic mass is 9.85. The highest BCUT2D eigenvalue weighted by atomic mass is 127. The summed E-state index contributed by atoms with van der Waals surface area (Å²) in [6.07, 6.45) is 0. The molecule has 0 atom stereocenters. The summed E-state index contributed by atoms with van der Waals surface area (Å²) in [5.41, 5.74) is 7.75. The Bertz CT molecular complexity index is 704. The number of nitrogens with zero attached hydrogens (tertiary/aromatic N) is 1. The van der Waals surface area contributed by atoms with Gasteiger partial charge in [-0.25, -0.2) is 0 Å². The van der Waals surface area contributed by atoms with E-state index in [0.717, 1.165) is 22.0 Å². The highest BCUT2D eigenvalue weighted by Gasteiger charge is 2.20. The standard InChI is InChI=1S/C18H22ClN3O.HI/c1-18(2,13-7-6-8-14(19)11-13)12-21-17(20)22-15-9-4-5-10-16(15)23-3;/h4-11H,12H2,1-3H3,(H3,20,21,22);1H. The van der Waals surface area contributed by atoms with Gasteiger partial charge in [0.15, 0.2) is 5.96 Å². The minimum atomic E-state index is -0.169. The number of nitrogens with one attached hydrogen (secondary N) is 1. The SMILES string of the molecule is COc1ccccc1NC(N)=NCC(C)(C)c1cccc(Cl)c1.I. The summed E-state index contributed by atoms with van der Waals surface area (Å²) >= 11 is 6.07. The van der Waals surface area contributed by atoms with E-state index in [2.05, 4.69) is 24.2 Å². The van der Waals surface area contributed by atoms with Gasteiger partial charge < -0.3 is 15.8 Å². The van der Waals surface area contributed by atoms with Crippen LogP contribution in [0.25, 0.3) is 0 Å². The zero-order chi connectivity index (χ0) is 16.9. The molecule has 6 heteroatoms. The smallest absolute Gasteiger partial charge is 0.193 e. The predicted molar refractivity (Wildman–Crippen MR) is 113 cm³/mol. The number of para-hydroxylation sites is 2. The maximum Gasteiger partial charge on any atom is 0.193 e. The molecule has 3 N–H and O–H groups in total. The Labute approximate surface area is 165 Å². The normalized spacial score (nSPS) is 11.6. The fourth-order valence-corrected chi connectivity index (χ4v) is 2.40. The van der Waals surface area contributed by atoms with Crippen molar-refractivity contribution in [3.63, 3.8) is 0 Å². The minimum absolute atomic E-state index is 0. The molecular formula is C18H23ClIN3O. The van der Waals surface area contributed by atoms with E-state index < -0.39 is 0 Å². The van der Waals surface area contributed by atoms with Gasteiger partial charge in [0, 0.05) is 10.4 Å². The Hall–Kier alpha value is -1.47. The first-order chi connectivity index (χ1) is 10.9. The molecule has 0 aromatic heterocycles. The van der Waals surface area contributed by atoms with Gasteiger partial charge in [-0.05, 0) is 29.8 Å².